The third-order valence-electron chi connectivity index (χ3n) is 4.73. The zero-order valence-corrected chi connectivity index (χ0v) is 15.9. The molecule has 2 N–H and O–H groups in total. The van der Waals surface area contributed by atoms with Gasteiger partial charge in [0.15, 0.2) is 11.6 Å². The summed E-state index contributed by atoms with van der Waals surface area (Å²) in [6.07, 6.45) is 2.07. The van der Waals surface area contributed by atoms with E-state index in [0.717, 1.165) is 38.1 Å². The van der Waals surface area contributed by atoms with Gasteiger partial charge in [0.1, 0.15) is 11.5 Å². The van der Waals surface area contributed by atoms with E-state index < -0.39 is 11.6 Å². The van der Waals surface area contributed by atoms with E-state index in [-0.39, 0.29) is 29.5 Å². The number of piperidine rings is 1. The largest absolute Gasteiger partial charge is 0.457 e. The van der Waals surface area contributed by atoms with Gasteiger partial charge in [0.2, 0.25) is 0 Å². The van der Waals surface area contributed by atoms with Gasteiger partial charge in [-0.05, 0) is 67.7 Å². The molecule has 0 bridgehead atoms. The molecule has 2 aromatic carbocycles. The van der Waals surface area contributed by atoms with Crippen LogP contribution in [0.1, 0.15) is 30.1 Å². The van der Waals surface area contributed by atoms with Crippen LogP contribution in [0.15, 0.2) is 42.5 Å². The lowest BCUT2D eigenvalue weighted by molar-refractivity contribution is 0.0922. The van der Waals surface area contributed by atoms with E-state index in [1.807, 2.05) is 0 Å². The molecule has 1 aliphatic heterocycles. The molecule has 0 spiro atoms. The monoisotopic (exact) mass is 396 g/mol. The van der Waals surface area contributed by atoms with Crippen molar-refractivity contribution < 1.29 is 18.3 Å². The zero-order chi connectivity index (χ0) is 18.6. The summed E-state index contributed by atoms with van der Waals surface area (Å²) < 4.78 is 31.6. The smallest absolute Gasteiger partial charge is 0.251 e. The van der Waals surface area contributed by atoms with Gasteiger partial charge in [0.05, 0.1) is 0 Å². The van der Waals surface area contributed by atoms with Crippen molar-refractivity contribution in [3.8, 4) is 11.5 Å². The maximum Gasteiger partial charge on any atom is 0.251 e. The first-order valence-electron chi connectivity index (χ1n) is 8.67. The Hall–Kier alpha value is -2.18. The lowest BCUT2D eigenvalue weighted by Gasteiger charge is -2.34. The van der Waals surface area contributed by atoms with Crippen LogP contribution in [0.4, 0.5) is 8.78 Å². The first kappa shape index (κ1) is 21.1. The molecular formula is C20H23ClF2N2O2. The fourth-order valence-electron chi connectivity index (χ4n) is 2.95. The van der Waals surface area contributed by atoms with Gasteiger partial charge in [-0.1, -0.05) is 6.92 Å². The Balaban J connectivity index is 0.00000261. The highest BCUT2D eigenvalue weighted by molar-refractivity contribution is 5.94. The predicted molar refractivity (Wildman–Crippen MR) is 103 cm³/mol. The number of hydrogen-bond acceptors (Lipinski definition) is 3. The number of halogens is 3. The van der Waals surface area contributed by atoms with Crippen LogP contribution in [0, 0.1) is 17.0 Å². The van der Waals surface area contributed by atoms with Crippen molar-refractivity contribution in [1.29, 1.82) is 0 Å². The van der Waals surface area contributed by atoms with Crippen LogP contribution in [0.25, 0.3) is 0 Å². The number of rotatable bonds is 5. The average molecular weight is 397 g/mol. The van der Waals surface area contributed by atoms with E-state index in [9.17, 15) is 13.6 Å². The molecule has 1 heterocycles. The second-order valence-corrected chi connectivity index (χ2v) is 6.95. The standard InChI is InChI=1S/C20H22F2N2O2.ClH/c1-20(8-10-23-11-9-20)13-24-19(25)14-2-4-15(5-3-14)26-16-6-7-17(21)18(22)12-16;/h2-7,12,23H,8-11,13H2,1H3,(H,24,25);1H. The van der Waals surface area contributed by atoms with E-state index in [1.165, 1.54) is 6.07 Å². The molecule has 1 aliphatic rings. The molecule has 0 saturated carbocycles. The summed E-state index contributed by atoms with van der Waals surface area (Å²) in [7, 11) is 0. The Bertz CT molecular complexity index is 778. The van der Waals surface area contributed by atoms with Gasteiger partial charge in [-0.25, -0.2) is 8.78 Å². The lowest BCUT2D eigenvalue weighted by Crippen LogP contribution is -2.42. The van der Waals surface area contributed by atoms with Crippen molar-refractivity contribution in [3.63, 3.8) is 0 Å². The number of carbonyl (C=O) groups is 1. The van der Waals surface area contributed by atoms with Crippen molar-refractivity contribution in [3.05, 3.63) is 59.7 Å². The van der Waals surface area contributed by atoms with Crippen molar-refractivity contribution in [2.45, 2.75) is 19.8 Å². The summed E-state index contributed by atoms with van der Waals surface area (Å²) in [5.74, 6) is -1.39. The van der Waals surface area contributed by atoms with E-state index >= 15 is 0 Å². The minimum absolute atomic E-state index is 0. The molecule has 0 aliphatic carbocycles. The van der Waals surface area contributed by atoms with Crippen molar-refractivity contribution in [2.24, 2.45) is 5.41 Å². The molecule has 7 heteroatoms. The minimum atomic E-state index is -0.968. The predicted octanol–water partition coefficient (Wildman–Crippen LogP) is 4.30. The highest BCUT2D eigenvalue weighted by Crippen LogP contribution is 2.27. The molecule has 2 aromatic rings. The van der Waals surface area contributed by atoms with E-state index in [4.69, 9.17) is 4.74 Å². The minimum Gasteiger partial charge on any atom is -0.457 e. The quantitative estimate of drug-likeness (QED) is 0.792. The number of amides is 1. The first-order valence-corrected chi connectivity index (χ1v) is 8.67. The van der Waals surface area contributed by atoms with E-state index in [1.54, 1.807) is 24.3 Å². The Morgan fingerprint density at radius 3 is 2.33 bits per heavy atom. The van der Waals surface area contributed by atoms with E-state index in [2.05, 4.69) is 17.6 Å². The molecular weight excluding hydrogens is 374 g/mol. The Kier molecular flexibility index (Phi) is 7.16. The van der Waals surface area contributed by atoms with Crippen LogP contribution in [0.2, 0.25) is 0 Å². The summed E-state index contributed by atoms with van der Waals surface area (Å²) in [4.78, 5) is 12.3. The molecule has 146 valence electrons. The summed E-state index contributed by atoms with van der Waals surface area (Å²) in [5, 5.41) is 6.31. The first-order chi connectivity index (χ1) is 12.5. The zero-order valence-electron chi connectivity index (χ0n) is 15.1. The molecule has 0 atom stereocenters. The van der Waals surface area contributed by atoms with Gasteiger partial charge in [-0.15, -0.1) is 12.4 Å². The number of hydrogen-bond donors (Lipinski definition) is 2. The number of ether oxygens (including phenoxy) is 1. The maximum absolute atomic E-state index is 13.2. The van der Waals surface area contributed by atoms with Crippen molar-refractivity contribution >= 4 is 18.3 Å². The van der Waals surface area contributed by atoms with Gasteiger partial charge >= 0.3 is 0 Å². The highest BCUT2D eigenvalue weighted by Gasteiger charge is 2.27. The van der Waals surface area contributed by atoms with Crippen LogP contribution in [-0.4, -0.2) is 25.5 Å². The lowest BCUT2D eigenvalue weighted by atomic mass is 9.81. The average Bonchev–Trinajstić information content (AvgIpc) is 2.64. The van der Waals surface area contributed by atoms with Crippen molar-refractivity contribution in [1.82, 2.24) is 10.6 Å². The summed E-state index contributed by atoms with van der Waals surface area (Å²) >= 11 is 0. The van der Waals surface area contributed by atoms with Crippen molar-refractivity contribution in [2.75, 3.05) is 19.6 Å². The fraction of sp³-hybridized carbons (Fsp3) is 0.350. The van der Waals surface area contributed by atoms with Crippen LogP contribution >= 0.6 is 12.4 Å². The SMILES string of the molecule is CC1(CNC(=O)c2ccc(Oc3ccc(F)c(F)c3)cc2)CCNCC1.Cl. The fourth-order valence-corrected chi connectivity index (χ4v) is 2.95. The molecule has 1 fully saturated rings. The van der Waals surface area contributed by atoms with E-state index in [0.29, 0.717) is 17.9 Å². The van der Waals surface area contributed by atoms with Gasteiger partial charge in [0.25, 0.3) is 5.91 Å². The maximum atomic E-state index is 13.2. The molecule has 3 rings (SSSR count). The van der Waals surface area contributed by atoms with Gasteiger partial charge in [-0.2, -0.15) is 0 Å². The Morgan fingerprint density at radius 1 is 1.07 bits per heavy atom. The van der Waals surface area contributed by atoms with Crippen LogP contribution in [0.3, 0.4) is 0 Å². The topological polar surface area (TPSA) is 50.4 Å². The summed E-state index contributed by atoms with van der Waals surface area (Å²) in [5.41, 5.74) is 0.650. The molecule has 0 radical (unpaired) electrons. The highest BCUT2D eigenvalue weighted by atomic mass is 35.5. The summed E-state index contributed by atoms with van der Waals surface area (Å²) in [6, 6.07) is 9.89. The van der Waals surface area contributed by atoms with Gasteiger partial charge in [-0.3, -0.25) is 4.79 Å². The molecule has 27 heavy (non-hydrogen) atoms. The third-order valence-corrected chi connectivity index (χ3v) is 4.73. The molecule has 4 nitrogen and oxygen atoms in total. The molecule has 1 amide bonds. The number of nitrogens with one attached hydrogen (secondary N) is 2. The molecule has 1 saturated heterocycles. The second kappa shape index (κ2) is 9.15. The second-order valence-electron chi connectivity index (χ2n) is 6.95. The number of carbonyl (C=O) groups excluding carboxylic acids is 1. The number of benzene rings is 2. The van der Waals surface area contributed by atoms with Crippen LogP contribution in [0.5, 0.6) is 11.5 Å². The van der Waals surface area contributed by atoms with Crippen LogP contribution < -0.4 is 15.4 Å². The third kappa shape index (κ3) is 5.65. The summed E-state index contributed by atoms with van der Waals surface area (Å²) in [6.45, 7) is 4.78. The van der Waals surface area contributed by atoms with Gasteiger partial charge in [0, 0.05) is 18.2 Å². The van der Waals surface area contributed by atoms with Gasteiger partial charge < -0.3 is 15.4 Å². The Morgan fingerprint density at radius 2 is 1.70 bits per heavy atom. The normalized spacial score (nSPS) is 15.5. The molecule has 0 aromatic heterocycles. The Labute approximate surface area is 163 Å². The van der Waals surface area contributed by atoms with Crippen LogP contribution in [-0.2, 0) is 0 Å². The molecule has 0 unspecified atom stereocenters.